The van der Waals surface area contributed by atoms with Crippen LogP contribution in [0.3, 0.4) is 0 Å². The fraction of sp³-hybridized carbons (Fsp3) is 0.238. The molecule has 2 aromatic carbocycles. The summed E-state index contributed by atoms with van der Waals surface area (Å²) in [4.78, 5) is 28.6. The lowest BCUT2D eigenvalue weighted by Crippen LogP contribution is -2.50. The van der Waals surface area contributed by atoms with Gasteiger partial charge in [0.15, 0.2) is 5.76 Å². The quantitative estimate of drug-likeness (QED) is 0.616. The monoisotopic (exact) mass is 444 g/mol. The molecular weight excluding hydrogens is 427 g/mol. The zero-order chi connectivity index (χ0) is 19.7. The molecule has 0 saturated carbocycles. The number of rotatable bonds is 3. The maximum atomic E-state index is 13.0. The number of piperazine rings is 1. The Balaban J connectivity index is 1.36. The van der Waals surface area contributed by atoms with E-state index in [1.807, 2.05) is 18.2 Å². The van der Waals surface area contributed by atoms with Gasteiger partial charge in [0.05, 0.1) is 6.42 Å². The Labute approximate surface area is 169 Å². The largest absolute Gasteiger partial charge is 0.451 e. The van der Waals surface area contributed by atoms with Gasteiger partial charge < -0.3 is 14.2 Å². The number of carbonyl (C=O) groups is 2. The summed E-state index contributed by atoms with van der Waals surface area (Å²) in [5, 5.41) is 0.867. The first-order valence-corrected chi connectivity index (χ1v) is 9.79. The smallest absolute Gasteiger partial charge is 0.289 e. The number of nitrogens with zero attached hydrogens (tertiary/aromatic N) is 2. The highest BCUT2D eigenvalue weighted by Gasteiger charge is 2.26. The molecule has 0 aliphatic carbocycles. The summed E-state index contributed by atoms with van der Waals surface area (Å²) in [7, 11) is 0. The standard InChI is InChI=1S/C21H18BrFN2O3/c22-16-3-6-18-15(12-16)13-19(28-18)21(27)25-9-7-24(8-10-25)20(26)11-14-1-4-17(23)5-2-14/h1-6,12-13H,7-11H2. The van der Waals surface area contributed by atoms with Gasteiger partial charge in [-0.1, -0.05) is 28.1 Å². The molecule has 2 heterocycles. The average Bonchev–Trinajstić information content (AvgIpc) is 3.12. The maximum Gasteiger partial charge on any atom is 0.289 e. The zero-order valence-electron chi connectivity index (χ0n) is 15.0. The van der Waals surface area contributed by atoms with Crippen LogP contribution in [0.15, 0.2) is 57.4 Å². The Morgan fingerprint density at radius 3 is 2.36 bits per heavy atom. The van der Waals surface area contributed by atoms with E-state index in [9.17, 15) is 14.0 Å². The highest BCUT2D eigenvalue weighted by molar-refractivity contribution is 9.10. The van der Waals surface area contributed by atoms with E-state index in [-0.39, 0.29) is 24.1 Å². The molecule has 5 nitrogen and oxygen atoms in total. The molecule has 1 saturated heterocycles. The number of hydrogen-bond acceptors (Lipinski definition) is 3. The third kappa shape index (κ3) is 3.94. The highest BCUT2D eigenvalue weighted by Crippen LogP contribution is 2.24. The summed E-state index contributed by atoms with van der Waals surface area (Å²) >= 11 is 3.41. The highest BCUT2D eigenvalue weighted by atomic mass is 79.9. The second-order valence-corrected chi connectivity index (χ2v) is 7.68. The number of benzene rings is 2. The Morgan fingerprint density at radius 2 is 1.64 bits per heavy atom. The van der Waals surface area contributed by atoms with Gasteiger partial charge in [0.25, 0.3) is 5.91 Å². The van der Waals surface area contributed by atoms with Crippen LogP contribution in [0.4, 0.5) is 4.39 Å². The van der Waals surface area contributed by atoms with Gasteiger partial charge in [0, 0.05) is 36.0 Å². The van der Waals surface area contributed by atoms with E-state index in [2.05, 4.69) is 15.9 Å². The predicted molar refractivity (Wildman–Crippen MR) is 107 cm³/mol. The summed E-state index contributed by atoms with van der Waals surface area (Å²) in [6.07, 6.45) is 0.229. The third-order valence-electron chi connectivity index (χ3n) is 4.88. The molecule has 0 bridgehead atoms. The first-order valence-electron chi connectivity index (χ1n) is 9.00. The lowest BCUT2D eigenvalue weighted by molar-refractivity contribution is -0.131. The van der Waals surface area contributed by atoms with Crippen molar-refractivity contribution in [1.82, 2.24) is 9.80 Å². The third-order valence-corrected chi connectivity index (χ3v) is 5.37. The van der Waals surface area contributed by atoms with E-state index in [0.717, 1.165) is 15.4 Å². The van der Waals surface area contributed by atoms with Crippen molar-refractivity contribution in [2.24, 2.45) is 0 Å². The second-order valence-electron chi connectivity index (χ2n) is 6.77. The summed E-state index contributed by atoms with van der Waals surface area (Å²) in [6.45, 7) is 1.85. The molecule has 2 amide bonds. The van der Waals surface area contributed by atoms with Crippen molar-refractivity contribution in [2.45, 2.75) is 6.42 Å². The van der Waals surface area contributed by atoms with Crippen LogP contribution in [0.5, 0.6) is 0 Å². The van der Waals surface area contributed by atoms with E-state index < -0.39 is 0 Å². The summed E-state index contributed by atoms with van der Waals surface area (Å²) in [5.41, 5.74) is 1.44. The van der Waals surface area contributed by atoms with Gasteiger partial charge in [-0.15, -0.1) is 0 Å². The molecule has 1 aromatic heterocycles. The first kappa shape index (κ1) is 18.7. The first-order chi connectivity index (χ1) is 13.5. The van der Waals surface area contributed by atoms with E-state index in [4.69, 9.17) is 4.42 Å². The van der Waals surface area contributed by atoms with Crippen LogP contribution in [-0.4, -0.2) is 47.8 Å². The molecule has 144 valence electrons. The van der Waals surface area contributed by atoms with Gasteiger partial charge in [-0.25, -0.2) is 4.39 Å². The number of halogens is 2. The molecule has 3 aromatic rings. The van der Waals surface area contributed by atoms with Gasteiger partial charge >= 0.3 is 0 Å². The lowest BCUT2D eigenvalue weighted by Gasteiger charge is -2.34. The molecule has 0 spiro atoms. The Hall–Kier alpha value is -2.67. The van der Waals surface area contributed by atoms with Crippen LogP contribution < -0.4 is 0 Å². The normalized spacial score (nSPS) is 14.5. The topological polar surface area (TPSA) is 53.8 Å². The SMILES string of the molecule is O=C(Cc1ccc(F)cc1)N1CCN(C(=O)c2cc3cc(Br)ccc3o2)CC1. The molecular formula is C21H18BrFN2O3. The number of carbonyl (C=O) groups excluding carboxylic acids is 2. The Morgan fingerprint density at radius 1 is 0.964 bits per heavy atom. The molecule has 0 N–H and O–H groups in total. The van der Waals surface area contributed by atoms with E-state index in [1.54, 1.807) is 28.0 Å². The molecule has 0 unspecified atom stereocenters. The van der Waals surface area contributed by atoms with Crippen LogP contribution in [0.1, 0.15) is 16.1 Å². The second kappa shape index (κ2) is 7.75. The van der Waals surface area contributed by atoms with Crippen molar-refractivity contribution in [3.63, 3.8) is 0 Å². The van der Waals surface area contributed by atoms with Crippen LogP contribution in [-0.2, 0) is 11.2 Å². The van der Waals surface area contributed by atoms with Crippen molar-refractivity contribution in [1.29, 1.82) is 0 Å². The summed E-state index contributed by atoms with van der Waals surface area (Å²) in [6, 6.07) is 13.3. The molecule has 1 fully saturated rings. The maximum absolute atomic E-state index is 13.0. The fourth-order valence-electron chi connectivity index (χ4n) is 3.32. The molecule has 28 heavy (non-hydrogen) atoms. The molecule has 0 atom stereocenters. The molecule has 1 aliphatic heterocycles. The minimum atomic E-state index is -0.318. The van der Waals surface area contributed by atoms with Gasteiger partial charge in [-0.2, -0.15) is 0 Å². The molecule has 7 heteroatoms. The van der Waals surface area contributed by atoms with Crippen LogP contribution in [0, 0.1) is 5.82 Å². The van der Waals surface area contributed by atoms with Crippen molar-refractivity contribution in [2.75, 3.05) is 26.2 Å². The van der Waals surface area contributed by atoms with E-state index >= 15 is 0 Å². The number of fused-ring (bicyclic) bond motifs is 1. The van der Waals surface area contributed by atoms with Crippen LogP contribution in [0.25, 0.3) is 11.0 Å². The van der Waals surface area contributed by atoms with Gasteiger partial charge in [-0.05, 0) is 42.0 Å². The van der Waals surface area contributed by atoms with Gasteiger partial charge in [-0.3, -0.25) is 9.59 Å². The molecule has 0 radical (unpaired) electrons. The Bertz CT molecular complexity index is 1020. The van der Waals surface area contributed by atoms with Crippen LogP contribution >= 0.6 is 15.9 Å². The Kier molecular flexibility index (Phi) is 5.17. The fourth-order valence-corrected chi connectivity index (χ4v) is 3.70. The van der Waals surface area contributed by atoms with E-state index in [1.165, 1.54) is 12.1 Å². The number of hydrogen-bond donors (Lipinski definition) is 0. The zero-order valence-corrected chi connectivity index (χ0v) is 16.6. The minimum Gasteiger partial charge on any atom is -0.451 e. The van der Waals surface area contributed by atoms with Gasteiger partial charge in [0.1, 0.15) is 11.4 Å². The summed E-state index contributed by atoms with van der Waals surface area (Å²) < 4.78 is 19.6. The van der Waals surface area contributed by atoms with E-state index in [0.29, 0.717) is 37.5 Å². The van der Waals surface area contributed by atoms with Crippen molar-refractivity contribution in [3.8, 4) is 0 Å². The number of furan rings is 1. The van der Waals surface area contributed by atoms with Crippen molar-refractivity contribution in [3.05, 3.63) is 70.1 Å². The van der Waals surface area contributed by atoms with Crippen molar-refractivity contribution >= 4 is 38.7 Å². The van der Waals surface area contributed by atoms with Crippen molar-refractivity contribution < 1.29 is 18.4 Å². The average molecular weight is 445 g/mol. The minimum absolute atomic E-state index is 0.0210. The molecule has 4 rings (SSSR count). The van der Waals surface area contributed by atoms with Crippen LogP contribution in [0.2, 0.25) is 0 Å². The number of amides is 2. The summed E-state index contributed by atoms with van der Waals surface area (Å²) in [5.74, 6) is -0.203. The lowest BCUT2D eigenvalue weighted by atomic mass is 10.1. The molecule has 1 aliphatic rings. The predicted octanol–water partition coefficient (Wildman–Crippen LogP) is 3.86. The van der Waals surface area contributed by atoms with Gasteiger partial charge in [0.2, 0.25) is 5.91 Å².